The summed E-state index contributed by atoms with van der Waals surface area (Å²) in [6.07, 6.45) is 3.63. The summed E-state index contributed by atoms with van der Waals surface area (Å²) in [5, 5.41) is 0. The monoisotopic (exact) mass is 323 g/mol. The molecule has 0 spiro atoms. The van der Waals surface area contributed by atoms with Crippen molar-refractivity contribution in [2.45, 2.75) is 40.8 Å². The number of Topliss-reactive ketones (excluding diaryl/α,β-unsaturated/α-hetero) is 1. The number of carbonyl (C=O) groups excluding carboxylic acids is 1. The summed E-state index contributed by atoms with van der Waals surface area (Å²) in [4.78, 5) is 12.8. The van der Waals surface area contributed by atoms with Crippen molar-refractivity contribution in [2.24, 2.45) is 0 Å². The SMILES string of the molecule is Cc1ccc[n+](CC(=O)c2cc(C)n(Cc3ccco3)c2C)c1C. The fourth-order valence-electron chi connectivity index (χ4n) is 3.05. The van der Waals surface area contributed by atoms with E-state index in [0.717, 1.165) is 28.4 Å². The van der Waals surface area contributed by atoms with Crippen LogP contribution >= 0.6 is 0 Å². The van der Waals surface area contributed by atoms with Gasteiger partial charge in [0.2, 0.25) is 12.3 Å². The molecule has 3 rings (SSSR count). The Morgan fingerprint density at radius 1 is 1.17 bits per heavy atom. The standard InChI is InChI=1S/C20H23N2O2/c1-14-7-5-9-21(16(14)3)13-20(23)19-11-15(2)22(17(19)4)12-18-8-6-10-24-18/h5-11H,12-13H2,1-4H3/q+1. The lowest BCUT2D eigenvalue weighted by atomic mass is 10.1. The molecule has 0 amide bonds. The highest BCUT2D eigenvalue weighted by Crippen LogP contribution is 2.18. The number of furan rings is 1. The van der Waals surface area contributed by atoms with Crippen LogP contribution in [0.25, 0.3) is 0 Å². The van der Waals surface area contributed by atoms with Crippen LogP contribution < -0.4 is 4.57 Å². The average Bonchev–Trinajstić information content (AvgIpc) is 3.15. The van der Waals surface area contributed by atoms with E-state index in [4.69, 9.17) is 4.42 Å². The van der Waals surface area contributed by atoms with Crippen LogP contribution in [0.3, 0.4) is 0 Å². The van der Waals surface area contributed by atoms with Gasteiger partial charge in [-0.3, -0.25) is 4.79 Å². The first kappa shape index (κ1) is 16.2. The Hall–Kier alpha value is -2.62. The van der Waals surface area contributed by atoms with Crippen LogP contribution in [0.15, 0.2) is 47.2 Å². The van der Waals surface area contributed by atoms with Gasteiger partial charge in [-0.05, 0) is 45.0 Å². The first-order valence-electron chi connectivity index (χ1n) is 8.15. The molecule has 0 saturated carbocycles. The summed E-state index contributed by atoms with van der Waals surface area (Å²) in [6.45, 7) is 9.14. The van der Waals surface area contributed by atoms with Crippen LogP contribution in [-0.4, -0.2) is 10.4 Å². The highest BCUT2D eigenvalue weighted by atomic mass is 16.3. The van der Waals surface area contributed by atoms with Crippen LogP contribution in [0.5, 0.6) is 0 Å². The van der Waals surface area contributed by atoms with Crippen LogP contribution in [0.1, 0.15) is 38.8 Å². The Bertz CT molecular complexity index is 873. The largest absolute Gasteiger partial charge is 0.467 e. The van der Waals surface area contributed by atoms with Crippen molar-refractivity contribution in [3.63, 3.8) is 0 Å². The number of rotatable bonds is 5. The van der Waals surface area contributed by atoms with Gasteiger partial charge in [-0.15, -0.1) is 0 Å². The van der Waals surface area contributed by atoms with E-state index < -0.39 is 0 Å². The Morgan fingerprint density at radius 2 is 1.96 bits per heavy atom. The fraction of sp³-hybridized carbons (Fsp3) is 0.300. The van der Waals surface area contributed by atoms with Gasteiger partial charge in [0.15, 0.2) is 11.9 Å². The first-order chi connectivity index (χ1) is 11.5. The summed E-state index contributed by atoms with van der Waals surface area (Å²) >= 11 is 0. The summed E-state index contributed by atoms with van der Waals surface area (Å²) in [5.41, 5.74) is 5.15. The number of hydrogen-bond donors (Lipinski definition) is 0. The number of aryl methyl sites for hydroxylation is 2. The highest BCUT2D eigenvalue weighted by molar-refractivity contribution is 5.96. The summed E-state index contributed by atoms with van der Waals surface area (Å²) < 4.78 is 9.57. The summed E-state index contributed by atoms with van der Waals surface area (Å²) in [7, 11) is 0. The molecule has 0 radical (unpaired) electrons. The Labute approximate surface area is 142 Å². The van der Waals surface area contributed by atoms with Gasteiger partial charge in [-0.25, -0.2) is 0 Å². The van der Waals surface area contributed by atoms with Crippen molar-refractivity contribution in [3.05, 3.63) is 76.8 Å². The Morgan fingerprint density at radius 3 is 2.67 bits per heavy atom. The molecule has 0 bridgehead atoms. The van der Waals surface area contributed by atoms with Gasteiger partial charge in [0.25, 0.3) is 0 Å². The molecule has 3 aromatic heterocycles. The van der Waals surface area contributed by atoms with Gasteiger partial charge >= 0.3 is 0 Å². The summed E-state index contributed by atoms with van der Waals surface area (Å²) in [6, 6.07) is 9.85. The number of nitrogens with zero attached hydrogens (tertiary/aromatic N) is 2. The molecular formula is C20H23N2O2+. The minimum atomic E-state index is 0.132. The molecule has 0 aliphatic carbocycles. The van der Waals surface area contributed by atoms with E-state index in [-0.39, 0.29) is 5.78 Å². The van der Waals surface area contributed by atoms with E-state index in [2.05, 4.69) is 17.6 Å². The third-order valence-electron chi connectivity index (χ3n) is 4.70. The third-order valence-corrected chi connectivity index (χ3v) is 4.70. The molecule has 24 heavy (non-hydrogen) atoms. The Balaban J connectivity index is 1.87. The van der Waals surface area contributed by atoms with Crippen molar-refractivity contribution in [1.82, 2.24) is 4.57 Å². The van der Waals surface area contributed by atoms with Crippen LogP contribution in [0.2, 0.25) is 0 Å². The van der Waals surface area contributed by atoms with Gasteiger partial charge in [0, 0.05) is 35.5 Å². The van der Waals surface area contributed by atoms with Crippen molar-refractivity contribution in [3.8, 4) is 0 Å². The van der Waals surface area contributed by atoms with Gasteiger partial charge in [0.05, 0.1) is 12.8 Å². The third kappa shape index (κ3) is 3.04. The van der Waals surface area contributed by atoms with Crippen LogP contribution in [0, 0.1) is 27.7 Å². The zero-order valence-electron chi connectivity index (χ0n) is 14.7. The van der Waals surface area contributed by atoms with Crippen molar-refractivity contribution in [2.75, 3.05) is 0 Å². The maximum Gasteiger partial charge on any atom is 0.229 e. The van der Waals surface area contributed by atoms with E-state index in [0.29, 0.717) is 13.1 Å². The van der Waals surface area contributed by atoms with E-state index >= 15 is 0 Å². The zero-order chi connectivity index (χ0) is 17.3. The number of hydrogen-bond acceptors (Lipinski definition) is 2. The molecule has 124 valence electrons. The van der Waals surface area contributed by atoms with Crippen LogP contribution in [0.4, 0.5) is 0 Å². The van der Waals surface area contributed by atoms with Crippen molar-refractivity contribution >= 4 is 5.78 Å². The zero-order valence-corrected chi connectivity index (χ0v) is 14.7. The lowest BCUT2D eigenvalue weighted by Crippen LogP contribution is -2.41. The molecule has 0 fully saturated rings. The van der Waals surface area contributed by atoms with E-state index in [1.165, 1.54) is 5.56 Å². The quantitative estimate of drug-likeness (QED) is 0.532. The van der Waals surface area contributed by atoms with Gasteiger partial charge in [0.1, 0.15) is 5.76 Å². The smallest absolute Gasteiger partial charge is 0.229 e. The number of pyridine rings is 1. The first-order valence-corrected chi connectivity index (χ1v) is 8.15. The molecule has 0 N–H and O–H groups in total. The second-order valence-corrected chi connectivity index (χ2v) is 6.28. The molecule has 3 aromatic rings. The molecule has 0 aromatic carbocycles. The van der Waals surface area contributed by atoms with Crippen molar-refractivity contribution in [1.29, 1.82) is 0 Å². The fourth-order valence-corrected chi connectivity index (χ4v) is 3.05. The number of carbonyl (C=O) groups is 1. The second-order valence-electron chi connectivity index (χ2n) is 6.28. The predicted octanol–water partition coefficient (Wildman–Crippen LogP) is 3.53. The molecule has 0 saturated heterocycles. The van der Waals surface area contributed by atoms with E-state index in [9.17, 15) is 4.79 Å². The van der Waals surface area contributed by atoms with Gasteiger partial charge < -0.3 is 8.98 Å². The molecule has 0 unspecified atom stereocenters. The molecule has 0 aliphatic rings. The minimum Gasteiger partial charge on any atom is -0.467 e. The lowest BCUT2D eigenvalue weighted by molar-refractivity contribution is -0.689. The average molecular weight is 323 g/mol. The molecule has 0 atom stereocenters. The summed E-state index contributed by atoms with van der Waals surface area (Å²) in [5.74, 6) is 1.02. The molecule has 4 heteroatoms. The molecule has 3 heterocycles. The molecular weight excluding hydrogens is 300 g/mol. The van der Waals surface area contributed by atoms with Gasteiger partial charge in [-0.2, -0.15) is 4.57 Å². The number of ketones is 1. The lowest BCUT2D eigenvalue weighted by Gasteiger charge is -2.07. The Kier molecular flexibility index (Phi) is 4.38. The predicted molar refractivity (Wildman–Crippen MR) is 92.2 cm³/mol. The maximum atomic E-state index is 12.8. The second kappa shape index (κ2) is 6.48. The van der Waals surface area contributed by atoms with E-state index in [1.54, 1.807) is 6.26 Å². The van der Waals surface area contributed by atoms with Crippen molar-refractivity contribution < 1.29 is 13.8 Å². The van der Waals surface area contributed by atoms with E-state index in [1.807, 2.05) is 55.8 Å². The molecule has 4 nitrogen and oxygen atoms in total. The normalized spacial score (nSPS) is 11.0. The molecule has 0 aliphatic heterocycles. The maximum absolute atomic E-state index is 12.8. The minimum absolute atomic E-state index is 0.132. The number of aromatic nitrogens is 2. The van der Waals surface area contributed by atoms with Crippen LogP contribution in [-0.2, 0) is 13.1 Å². The van der Waals surface area contributed by atoms with Gasteiger partial charge in [-0.1, -0.05) is 0 Å². The highest BCUT2D eigenvalue weighted by Gasteiger charge is 2.21. The topological polar surface area (TPSA) is 39.0 Å².